The summed E-state index contributed by atoms with van der Waals surface area (Å²) in [5.41, 5.74) is 3.15. The van der Waals surface area contributed by atoms with Crippen LogP contribution in [0.5, 0.6) is 5.75 Å². The van der Waals surface area contributed by atoms with E-state index in [1.165, 1.54) is 18.3 Å². The molecule has 132 valence electrons. The number of hydrogen-bond donors (Lipinski definition) is 2. The first-order valence-electron chi connectivity index (χ1n) is 7.25. The van der Waals surface area contributed by atoms with Crippen LogP contribution in [0.15, 0.2) is 53.6 Å². The van der Waals surface area contributed by atoms with Crippen molar-refractivity contribution in [2.45, 2.75) is 12.7 Å². The Morgan fingerprint density at radius 1 is 1.20 bits per heavy atom. The van der Waals surface area contributed by atoms with Gasteiger partial charge in [0.25, 0.3) is 0 Å². The molecular formula is C17H16F3N3OS. The topological polar surface area (TPSA) is 45.6 Å². The Hall–Kier alpha value is -2.61. The number of methoxy groups -OCH3 is 1. The van der Waals surface area contributed by atoms with Crippen molar-refractivity contribution in [1.82, 2.24) is 10.7 Å². The van der Waals surface area contributed by atoms with Gasteiger partial charge in [-0.3, -0.25) is 5.43 Å². The van der Waals surface area contributed by atoms with Gasteiger partial charge in [-0.25, -0.2) is 0 Å². The molecule has 2 rings (SSSR count). The van der Waals surface area contributed by atoms with Gasteiger partial charge in [0.15, 0.2) is 5.11 Å². The highest BCUT2D eigenvalue weighted by Gasteiger charge is 2.30. The first kappa shape index (κ1) is 18.7. The van der Waals surface area contributed by atoms with E-state index in [9.17, 15) is 13.2 Å². The average molecular weight is 367 g/mol. The molecule has 0 spiro atoms. The molecule has 0 amide bonds. The number of rotatable bonds is 5. The number of nitrogens with zero attached hydrogens (tertiary/aromatic N) is 1. The van der Waals surface area contributed by atoms with Gasteiger partial charge in [-0.2, -0.15) is 18.3 Å². The number of hydrogen-bond acceptors (Lipinski definition) is 3. The number of benzene rings is 2. The molecule has 0 heterocycles. The molecule has 8 heteroatoms. The van der Waals surface area contributed by atoms with E-state index < -0.39 is 11.7 Å². The molecule has 0 atom stereocenters. The monoisotopic (exact) mass is 367 g/mol. The summed E-state index contributed by atoms with van der Waals surface area (Å²) in [5.74, 6) is 0.759. The third-order valence-electron chi connectivity index (χ3n) is 3.21. The van der Waals surface area contributed by atoms with Crippen LogP contribution in [0.25, 0.3) is 0 Å². The van der Waals surface area contributed by atoms with Crippen LogP contribution >= 0.6 is 12.2 Å². The van der Waals surface area contributed by atoms with Crippen LogP contribution in [0.4, 0.5) is 13.2 Å². The van der Waals surface area contributed by atoms with Crippen molar-refractivity contribution in [2.75, 3.05) is 7.11 Å². The minimum atomic E-state index is -4.38. The second-order valence-corrected chi connectivity index (χ2v) is 5.43. The predicted molar refractivity (Wildman–Crippen MR) is 94.6 cm³/mol. The van der Waals surface area contributed by atoms with Gasteiger partial charge in [0.05, 0.1) is 18.9 Å². The van der Waals surface area contributed by atoms with Crippen LogP contribution in [-0.2, 0) is 12.7 Å². The molecule has 0 aromatic heterocycles. The molecular weight excluding hydrogens is 351 g/mol. The number of nitrogens with one attached hydrogen (secondary N) is 2. The lowest BCUT2D eigenvalue weighted by Crippen LogP contribution is -2.31. The van der Waals surface area contributed by atoms with Crippen molar-refractivity contribution in [3.05, 3.63) is 65.2 Å². The molecule has 0 saturated heterocycles. The lowest BCUT2D eigenvalue weighted by atomic mass is 10.1. The van der Waals surface area contributed by atoms with Crippen LogP contribution in [0.3, 0.4) is 0 Å². The van der Waals surface area contributed by atoms with Gasteiger partial charge >= 0.3 is 6.18 Å². The minimum Gasteiger partial charge on any atom is -0.497 e. The average Bonchev–Trinajstić information content (AvgIpc) is 2.60. The van der Waals surface area contributed by atoms with Crippen molar-refractivity contribution in [3.63, 3.8) is 0 Å². The molecule has 25 heavy (non-hydrogen) atoms. The summed E-state index contributed by atoms with van der Waals surface area (Å²) < 4.78 is 43.0. The predicted octanol–water partition coefficient (Wildman–Crippen LogP) is 3.71. The zero-order chi connectivity index (χ0) is 18.3. The van der Waals surface area contributed by atoms with E-state index in [4.69, 9.17) is 17.0 Å². The third kappa shape index (κ3) is 6.07. The van der Waals surface area contributed by atoms with E-state index >= 15 is 0 Å². The largest absolute Gasteiger partial charge is 0.497 e. The zero-order valence-electron chi connectivity index (χ0n) is 13.3. The summed E-state index contributed by atoms with van der Waals surface area (Å²) >= 11 is 5.06. The van der Waals surface area contributed by atoms with Gasteiger partial charge in [-0.15, -0.1) is 0 Å². The van der Waals surface area contributed by atoms with Crippen molar-refractivity contribution in [1.29, 1.82) is 0 Å². The van der Waals surface area contributed by atoms with Crippen LogP contribution < -0.4 is 15.5 Å². The first-order valence-corrected chi connectivity index (χ1v) is 7.66. The molecule has 4 nitrogen and oxygen atoms in total. The van der Waals surface area contributed by atoms with Gasteiger partial charge < -0.3 is 10.1 Å². The zero-order valence-corrected chi connectivity index (χ0v) is 14.1. The van der Waals surface area contributed by atoms with Gasteiger partial charge in [-0.1, -0.05) is 24.3 Å². The van der Waals surface area contributed by atoms with E-state index in [-0.39, 0.29) is 5.11 Å². The molecule has 0 aliphatic heterocycles. The Morgan fingerprint density at radius 3 is 2.56 bits per heavy atom. The molecule has 2 N–H and O–H groups in total. The molecule has 0 radical (unpaired) electrons. The van der Waals surface area contributed by atoms with Crippen molar-refractivity contribution in [3.8, 4) is 5.75 Å². The fraction of sp³-hybridized carbons (Fsp3) is 0.176. The Labute approximate surface area is 148 Å². The smallest absolute Gasteiger partial charge is 0.416 e. The summed E-state index contributed by atoms with van der Waals surface area (Å²) in [4.78, 5) is 0. The maximum Gasteiger partial charge on any atom is 0.416 e. The lowest BCUT2D eigenvalue weighted by Gasteiger charge is -2.08. The molecule has 0 bridgehead atoms. The normalized spacial score (nSPS) is 11.4. The molecule has 2 aromatic rings. The van der Waals surface area contributed by atoms with Gasteiger partial charge in [-0.05, 0) is 47.6 Å². The Balaban J connectivity index is 1.84. The summed E-state index contributed by atoms with van der Waals surface area (Å²) in [6, 6.07) is 12.3. The quantitative estimate of drug-likeness (QED) is 0.480. The van der Waals surface area contributed by atoms with Gasteiger partial charge in [0.2, 0.25) is 0 Å². The molecule has 0 aliphatic rings. The molecule has 2 aromatic carbocycles. The lowest BCUT2D eigenvalue weighted by molar-refractivity contribution is -0.137. The molecule has 0 saturated carbocycles. The van der Waals surface area contributed by atoms with Crippen LogP contribution in [-0.4, -0.2) is 18.4 Å². The first-order chi connectivity index (χ1) is 11.9. The van der Waals surface area contributed by atoms with Crippen LogP contribution in [0.2, 0.25) is 0 Å². The van der Waals surface area contributed by atoms with E-state index in [0.717, 1.165) is 23.4 Å². The van der Waals surface area contributed by atoms with E-state index in [0.29, 0.717) is 12.1 Å². The molecule has 0 fully saturated rings. The highest BCUT2D eigenvalue weighted by atomic mass is 32.1. The summed E-state index contributed by atoms with van der Waals surface area (Å²) in [6.45, 7) is 0.481. The summed E-state index contributed by atoms with van der Waals surface area (Å²) in [6.07, 6.45) is -3.11. The third-order valence-corrected chi connectivity index (χ3v) is 3.44. The SMILES string of the molecule is COc1ccc(CNC(=S)N/N=C\c2cccc(C(F)(F)F)c2)cc1. The fourth-order valence-electron chi connectivity index (χ4n) is 1.93. The van der Waals surface area contributed by atoms with Crippen molar-refractivity contribution >= 4 is 23.5 Å². The standard InChI is InChI=1S/C17H16F3N3OS/c1-24-15-7-5-12(6-8-15)10-21-16(25)23-22-11-13-3-2-4-14(9-13)17(18,19)20/h2-9,11H,10H2,1H3,(H2,21,23,25)/b22-11-. The number of hydrazone groups is 1. The second kappa shape index (κ2) is 8.48. The van der Waals surface area contributed by atoms with E-state index in [1.54, 1.807) is 7.11 Å². The number of alkyl halides is 3. The van der Waals surface area contributed by atoms with Crippen molar-refractivity contribution < 1.29 is 17.9 Å². The molecule has 0 aliphatic carbocycles. The maximum atomic E-state index is 12.6. The summed E-state index contributed by atoms with van der Waals surface area (Å²) in [5, 5.41) is 7.05. The second-order valence-electron chi connectivity index (χ2n) is 5.02. The number of ether oxygens (including phenoxy) is 1. The van der Waals surface area contributed by atoms with Crippen LogP contribution in [0, 0.1) is 0 Å². The van der Waals surface area contributed by atoms with Crippen LogP contribution in [0.1, 0.15) is 16.7 Å². The number of thiocarbonyl (C=S) groups is 1. The van der Waals surface area contributed by atoms with E-state index in [1.807, 2.05) is 24.3 Å². The van der Waals surface area contributed by atoms with Gasteiger partial charge in [0, 0.05) is 6.54 Å². The Bertz CT molecular complexity index is 746. The van der Waals surface area contributed by atoms with Gasteiger partial charge in [0.1, 0.15) is 5.75 Å². The maximum absolute atomic E-state index is 12.6. The Kier molecular flexibility index (Phi) is 6.35. The summed E-state index contributed by atoms with van der Waals surface area (Å²) in [7, 11) is 1.59. The number of halogens is 3. The Morgan fingerprint density at radius 2 is 1.92 bits per heavy atom. The van der Waals surface area contributed by atoms with Crippen molar-refractivity contribution in [2.24, 2.45) is 5.10 Å². The highest BCUT2D eigenvalue weighted by molar-refractivity contribution is 7.80. The fourth-order valence-corrected chi connectivity index (χ4v) is 2.05. The minimum absolute atomic E-state index is 0.263. The highest BCUT2D eigenvalue weighted by Crippen LogP contribution is 2.29. The molecule has 0 unspecified atom stereocenters. The van der Waals surface area contributed by atoms with E-state index in [2.05, 4.69) is 15.8 Å².